The zero-order valence-electron chi connectivity index (χ0n) is 11.8. The van der Waals surface area contributed by atoms with Crippen molar-refractivity contribution in [2.75, 3.05) is 13.2 Å². The molecule has 1 atom stereocenters. The minimum atomic E-state index is -1.45. The molecule has 0 aliphatic carbocycles. The van der Waals surface area contributed by atoms with Crippen LogP contribution < -0.4 is 10.5 Å². The predicted molar refractivity (Wildman–Crippen MR) is 78.4 cm³/mol. The quantitative estimate of drug-likeness (QED) is 0.775. The summed E-state index contributed by atoms with van der Waals surface area (Å²) in [5.74, 6) is -0.394. The molecule has 0 radical (unpaired) electrons. The highest BCUT2D eigenvalue weighted by Crippen LogP contribution is 2.27. The van der Waals surface area contributed by atoms with Gasteiger partial charge in [0.25, 0.3) is 5.60 Å². The Hall–Kier alpha value is -2.34. The lowest BCUT2D eigenvalue weighted by molar-refractivity contribution is -0.161. The molecule has 21 heavy (non-hydrogen) atoms. The van der Waals surface area contributed by atoms with Crippen molar-refractivity contribution in [3.05, 3.63) is 42.0 Å². The van der Waals surface area contributed by atoms with Gasteiger partial charge in [0.1, 0.15) is 12.4 Å². The van der Waals surface area contributed by atoms with Crippen LogP contribution in [0, 0.1) is 0 Å². The third kappa shape index (κ3) is 3.22. The minimum absolute atomic E-state index is 0.130. The summed E-state index contributed by atoms with van der Waals surface area (Å²) in [5.41, 5.74) is 6.32. The van der Waals surface area contributed by atoms with Gasteiger partial charge in [-0.15, -0.1) is 0 Å². The lowest BCUT2D eigenvalue weighted by Crippen LogP contribution is -2.45. The highest BCUT2D eigenvalue weighted by atomic mass is 16.7. The molecule has 0 spiro atoms. The second-order valence-electron chi connectivity index (χ2n) is 5.08. The van der Waals surface area contributed by atoms with Crippen LogP contribution in [0.5, 0.6) is 5.75 Å². The number of nitrogens with zero attached hydrogens (tertiary/aromatic N) is 1. The molecular weight excluding hydrogens is 272 g/mol. The molecule has 112 valence electrons. The van der Waals surface area contributed by atoms with Crippen molar-refractivity contribution in [1.82, 2.24) is 0 Å². The lowest BCUT2D eigenvalue weighted by atomic mass is 9.94. The number of carboxylic acid groups (broad SMARTS) is 1. The lowest BCUT2D eigenvalue weighted by Gasteiger charge is -2.18. The number of hydrogen-bond acceptors (Lipinski definition) is 5. The monoisotopic (exact) mass is 290 g/mol. The summed E-state index contributed by atoms with van der Waals surface area (Å²) < 4.78 is 5.50. The number of benzene rings is 1. The molecule has 0 amide bonds. The van der Waals surface area contributed by atoms with Crippen molar-refractivity contribution in [2.24, 2.45) is 10.9 Å². The molecule has 0 aromatic heterocycles. The van der Waals surface area contributed by atoms with E-state index in [0.29, 0.717) is 18.1 Å². The van der Waals surface area contributed by atoms with Crippen LogP contribution >= 0.6 is 0 Å². The Labute approximate surface area is 122 Å². The van der Waals surface area contributed by atoms with E-state index in [1.54, 1.807) is 12.1 Å². The van der Waals surface area contributed by atoms with Gasteiger partial charge in [-0.1, -0.05) is 11.7 Å². The van der Waals surface area contributed by atoms with E-state index in [9.17, 15) is 9.90 Å². The molecule has 6 nitrogen and oxygen atoms in total. The summed E-state index contributed by atoms with van der Waals surface area (Å²) in [4.78, 5) is 16.3. The fourth-order valence-electron chi connectivity index (χ4n) is 1.89. The van der Waals surface area contributed by atoms with Crippen LogP contribution in [0.2, 0.25) is 0 Å². The molecule has 0 fully saturated rings. The van der Waals surface area contributed by atoms with E-state index < -0.39 is 11.6 Å². The molecule has 1 heterocycles. The van der Waals surface area contributed by atoms with Crippen molar-refractivity contribution >= 4 is 11.7 Å². The Morgan fingerprint density at radius 1 is 1.52 bits per heavy atom. The van der Waals surface area contributed by atoms with Gasteiger partial charge in [0.15, 0.2) is 0 Å². The van der Waals surface area contributed by atoms with E-state index in [4.69, 9.17) is 15.3 Å². The molecule has 1 unspecified atom stereocenters. The molecule has 0 saturated carbocycles. The molecule has 1 aliphatic heterocycles. The smallest absolute Gasteiger partial charge is 0.352 e. The van der Waals surface area contributed by atoms with Crippen LogP contribution in [0.25, 0.3) is 0 Å². The molecule has 6 heteroatoms. The fourth-order valence-corrected chi connectivity index (χ4v) is 1.89. The standard InChI is InChI=1S/C15H18N2O4/c1-10(2)8-20-12-5-3-11(4-6-12)13-7-15(9-16,14(18)19)21-17-13/h3-6H,1,7-9,16H2,2H3,(H,18,19). The summed E-state index contributed by atoms with van der Waals surface area (Å²) in [6, 6.07) is 7.21. The first-order chi connectivity index (χ1) is 9.97. The van der Waals surface area contributed by atoms with Crippen LogP contribution in [0.1, 0.15) is 18.9 Å². The van der Waals surface area contributed by atoms with E-state index in [0.717, 1.165) is 11.1 Å². The maximum atomic E-state index is 11.2. The number of ether oxygens (including phenoxy) is 1. The Morgan fingerprint density at radius 2 is 2.19 bits per heavy atom. The van der Waals surface area contributed by atoms with E-state index in [-0.39, 0.29) is 13.0 Å². The minimum Gasteiger partial charge on any atom is -0.489 e. The maximum absolute atomic E-state index is 11.2. The maximum Gasteiger partial charge on any atom is 0.352 e. The largest absolute Gasteiger partial charge is 0.489 e. The third-order valence-electron chi connectivity index (χ3n) is 3.18. The van der Waals surface area contributed by atoms with Gasteiger partial charge < -0.3 is 20.4 Å². The topological polar surface area (TPSA) is 94.1 Å². The van der Waals surface area contributed by atoms with Crippen LogP contribution in [0.4, 0.5) is 0 Å². The van der Waals surface area contributed by atoms with Gasteiger partial charge in [-0.05, 0) is 42.3 Å². The highest BCUT2D eigenvalue weighted by Gasteiger charge is 2.46. The Balaban J connectivity index is 2.07. The summed E-state index contributed by atoms with van der Waals surface area (Å²) in [7, 11) is 0. The van der Waals surface area contributed by atoms with Crippen LogP contribution in [0.15, 0.2) is 41.6 Å². The number of carbonyl (C=O) groups is 1. The first-order valence-corrected chi connectivity index (χ1v) is 6.53. The van der Waals surface area contributed by atoms with Gasteiger partial charge in [0.05, 0.1) is 5.71 Å². The summed E-state index contributed by atoms with van der Waals surface area (Å²) in [5, 5.41) is 13.0. The molecule has 1 aromatic rings. The zero-order valence-corrected chi connectivity index (χ0v) is 11.8. The molecule has 1 aliphatic rings. The number of carboxylic acids is 1. The zero-order chi connectivity index (χ0) is 15.5. The first-order valence-electron chi connectivity index (χ1n) is 6.53. The molecule has 2 rings (SSSR count). The van der Waals surface area contributed by atoms with Gasteiger partial charge in [-0.3, -0.25) is 0 Å². The second kappa shape index (κ2) is 5.97. The van der Waals surface area contributed by atoms with Crippen molar-refractivity contribution in [3.8, 4) is 5.75 Å². The average Bonchev–Trinajstić information content (AvgIpc) is 2.91. The average molecular weight is 290 g/mol. The van der Waals surface area contributed by atoms with Crippen molar-refractivity contribution in [1.29, 1.82) is 0 Å². The number of nitrogens with two attached hydrogens (primary N) is 1. The van der Waals surface area contributed by atoms with E-state index >= 15 is 0 Å². The van der Waals surface area contributed by atoms with Gasteiger partial charge in [-0.25, -0.2) is 4.79 Å². The number of oxime groups is 1. The molecule has 0 saturated heterocycles. The van der Waals surface area contributed by atoms with Gasteiger partial charge in [0.2, 0.25) is 0 Å². The van der Waals surface area contributed by atoms with Crippen LogP contribution in [-0.4, -0.2) is 35.5 Å². The molecule has 3 N–H and O–H groups in total. The number of hydrogen-bond donors (Lipinski definition) is 2. The SMILES string of the molecule is C=C(C)COc1ccc(C2=NOC(CN)(C(=O)O)C2)cc1. The second-order valence-corrected chi connectivity index (χ2v) is 5.08. The van der Waals surface area contributed by atoms with Crippen molar-refractivity contribution in [2.45, 2.75) is 18.9 Å². The Morgan fingerprint density at radius 3 is 2.67 bits per heavy atom. The summed E-state index contributed by atoms with van der Waals surface area (Å²) in [6.45, 7) is 5.98. The number of rotatable bonds is 6. The molecule has 0 bridgehead atoms. The Kier molecular flexibility index (Phi) is 4.28. The summed E-state index contributed by atoms with van der Waals surface area (Å²) >= 11 is 0. The van der Waals surface area contributed by atoms with Gasteiger partial charge >= 0.3 is 5.97 Å². The fraction of sp³-hybridized carbons (Fsp3) is 0.333. The van der Waals surface area contributed by atoms with E-state index in [2.05, 4.69) is 11.7 Å². The van der Waals surface area contributed by atoms with Gasteiger partial charge in [0, 0.05) is 13.0 Å². The predicted octanol–water partition coefficient (Wildman–Crippen LogP) is 1.55. The van der Waals surface area contributed by atoms with Crippen LogP contribution in [-0.2, 0) is 9.63 Å². The van der Waals surface area contributed by atoms with Crippen LogP contribution in [0.3, 0.4) is 0 Å². The molecular formula is C15H18N2O4. The Bertz CT molecular complexity index is 580. The van der Waals surface area contributed by atoms with E-state index in [1.807, 2.05) is 19.1 Å². The first kappa shape index (κ1) is 15.1. The summed E-state index contributed by atoms with van der Waals surface area (Å²) in [6.07, 6.45) is 0.144. The highest BCUT2D eigenvalue weighted by molar-refractivity contribution is 6.04. The third-order valence-corrected chi connectivity index (χ3v) is 3.18. The van der Waals surface area contributed by atoms with E-state index in [1.165, 1.54) is 0 Å². The van der Waals surface area contributed by atoms with Crippen molar-refractivity contribution in [3.63, 3.8) is 0 Å². The normalized spacial score (nSPS) is 20.6. The molecule has 1 aromatic carbocycles. The van der Waals surface area contributed by atoms with Crippen molar-refractivity contribution < 1.29 is 19.5 Å². The number of aliphatic carboxylic acids is 1. The van der Waals surface area contributed by atoms with Gasteiger partial charge in [-0.2, -0.15) is 0 Å².